The molecule has 3 heterocycles. The van der Waals surface area contributed by atoms with E-state index in [1.165, 1.54) is 6.42 Å². The van der Waals surface area contributed by atoms with Crippen LogP contribution < -0.4 is 10.9 Å². The number of halogens is 1. The van der Waals surface area contributed by atoms with Crippen molar-refractivity contribution >= 4 is 0 Å². The first-order chi connectivity index (χ1) is 12.2. The van der Waals surface area contributed by atoms with Gasteiger partial charge in [-0.15, -0.1) is 0 Å². The van der Waals surface area contributed by atoms with E-state index in [9.17, 15) is 4.39 Å². The molecule has 0 saturated carbocycles. The standard InChI is InChI=1S/C19H25FN4O/c1-13-10-18(25-23-13)15-11-21-22-19(15)17-8-4-5-9-24(17)12-14-6-2-3-7-16(14)20/h2-3,6-7,10,15,17,19,21-22H,4-5,8-9,11-12H2,1H3. The molecule has 0 bridgehead atoms. The average Bonchev–Trinajstić information content (AvgIpc) is 3.26. The van der Waals surface area contributed by atoms with Gasteiger partial charge >= 0.3 is 0 Å². The molecule has 2 saturated heterocycles. The fourth-order valence-corrected chi connectivity index (χ4v) is 4.18. The Morgan fingerprint density at radius 2 is 2.20 bits per heavy atom. The number of nitrogens with zero attached hydrogens (tertiary/aromatic N) is 2. The number of hydrazine groups is 1. The number of likely N-dealkylation sites (tertiary alicyclic amines) is 1. The lowest BCUT2D eigenvalue weighted by Gasteiger charge is -2.40. The van der Waals surface area contributed by atoms with Crippen LogP contribution in [0.3, 0.4) is 0 Å². The molecular formula is C19H25FN4O. The Kier molecular flexibility index (Phi) is 4.83. The fourth-order valence-electron chi connectivity index (χ4n) is 4.18. The monoisotopic (exact) mass is 344 g/mol. The van der Waals surface area contributed by atoms with E-state index >= 15 is 0 Å². The summed E-state index contributed by atoms with van der Waals surface area (Å²) in [5.74, 6) is 1.05. The molecule has 0 radical (unpaired) electrons. The van der Waals surface area contributed by atoms with Crippen LogP contribution in [-0.2, 0) is 6.54 Å². The Morgan fingerprint density at radius 3 is 3.00 bits per heavy atom. The highest BCUT2D eigenvalue weighted by Crippen LogP contribution is 2.32. The van der Waals surface area contributed by atoms with Gasteiger partial charge < -0.3 is 4.52 Å². The van der Waals surface area contributed by atoms with Gasteiger partial charge in [-0.25, -0.2) is 4.39 Å². The van der Waals surface area contributed by atoms with Gasteiger partial charge in [0.25, 0.3) is 0 Å². The molecule has 2 aliphatic rings. The van der Waals surface area contributed by atoms with E-state index in [0.29, 0.717) is 12.6 Å². The normalized spacial score (nSPS) is 27.7. The molecule has 0 spiro atoms. The van der Waals surface area contributed by atoms with E-state index in [1.807, 2.05) is 25.1 Å². The van der Waals surface area contributed by atoms with Gasteiger partial charge in [-0.05, 0) is 32.4 Å². The van der Waals surface area contributed by atoms with Gasteiger partial charge in [0, 0.05) is 36.8 Å². The Balaban J connectivity index is 1.55. The second-order valence-electron chi connectivity index (χ2n) is 7.15. The van der Waals surface area contributed by atoms with E-state index in [0.717, 1.165) is 42.9 Å². The fraction of sp³-hybridized carbons (Fsp3) is 0.526. The maximum absolute atomic E-state index is 14.1. The quantitative estimate of drug-likeness (QED) is 0.893. The summed E-state index contributed by atoms with van der Waals surface area (Å²) in [5.41, 5.74) is 8.41. The zero-order valence-corrected chi connectivity index (χ0v) is 14.5. The molecule has 2 aliphatic heterocycles. The second kappa shape index (κ2) is 7.23. The van der Waals surface area contributed by atoms with Gasteiger partial charge in [0.2, 0.25) is 0 Å². The molecule has 3 unspecified atom stereocenters. The maximum Gasteiger partial charge on any atom is 0.143 e. The van der Waals surface area contributed by atoms with Crippen molar-refractivity contribution in [1.29, 1.82) is 0 Å². The summed E-state index contributed by atoms with van der Waals surface area (Å²) < 4.78 is 19.6. The second-order valence-corrected chi connectivity index (χ2v) is 7.15. The van der Waals surface area contributed by atoms with Crippen LogP contribution in [0.5, 0.6) is 0 Å². The van der Waals surface area contributed by atoms with E-state index in [4.69, 9.17) is 4.52 Å². The molecule has 25 heavy (non-hydrogen) atoms. The van der Waals surface area contributed by atoms with Crippen LogP contribution in [0, 0.1) is 12.7 Å². The minimum atomic E-state index is -0.119. The van der Waals surface area contributed by atoms with Crippen LogP contribution in [-0.4, -0.2) is 35.2 Å². The van der Waals surface area contributed by atoms with E-state index < -0.39 is 0 Å². The van der Waals surface area contributed by atoms with Crippen molar-refractivity contribution in [2.24, 2.45) is 0 Å². The molecule has 1 aromatic heterocycles. The first-order valence-corrected chi connectivity index (χ1v) is 9.11. The predicted octanol–water partition coefficient (Wildman–Crippen LogP) is 2.74. The molecule has 6 heteroatoms. The Hall–Kier alpha value is -1.76. The van der Waals surface area contributed by atoms with Gasteiger partial charge in [0.05, 0.1) is 11.6 Å². The lowest BCUT2D eigenvalue weighted by molar-refractivity contribution is 0.102. The molecule has 2 fully saturated rings. The zero-order valence-electron chi connectivity index (χ0n) is 14.5. The number of benzene rings is 1. The van der Waals surface area contributed by atoms with Crippen molar-refractivity contribution < 1.29 is 8.91 Å². The smallest absolute Gasteiger partial charge is 0.143 e. The summed E-state index contributed by atoms with van der Waals surface area (Å²) in [6, 6.07) is 9.70. The first-order valence-electron chi connectivity index (χ1n) is 9.11. The summed E-state index contributed by atoms with van der Waals surface area (Å²) in [4.78, 5) is 2.42. The third kappa shape index (κ3) is 3.47. The average molecular weight is 344 g/mol. The van der Waals surface area contributed by atoms with E-state index in [1.54, 1.807) is 12.1 Å². The predicted molar refractivity (Wildman–Crippen MR) is 93.4 cm³/mol. The lowest BCUT2D eigenvalue weighted by Crippen LogP contribution is -2.52. The molecule has 0 aliphatic carbocycles. The summed E-state index contributed by atoms with van der Waals surface area (Å²) in [6.45, 7) is 4.42. The molecule has 4 rings (SSSR count). The Bertz CT molecular complexity index is 719. The minimum Gasteiger partial charge on any atom is -0.361 e. The van der Waals surface area contributed by atoms with Crippen LogP contribution in [0.15, 0.2) is 34.9 Å². The van der Waals surface area contributed by atoms with Crippen LogP contribution in [0.1, 0.15) is 42.2 Å². The molecule has 1 aromatic carbocycles. The first kappa shape index (κ1) is 16.7. The summed E-state index contributed by atoms with van der Waals surface area (Å²) in [7, 11) is 0. The van der Waals surface area contributed by atoms with E-state index in [-0.39, 0.29) is 17.8 Å². The number of piperidine rings is 1. The summed E-state index contributed by atoms with van der Waals surface area (Å²) in [6.07, 6.45) is 3.48. The van der Waals surface area contributed by atoms with Crippen molar-refractivity contribution in [2.45, 2.75) is 50.7 Å². The Labute approximate surface area is 147 Å². The minimum absolute atomic E-state index is 0.119. The van der Waals surface area contributed by atoms with Crippen LogP contribution in [0.2, 0.25) is 0 Å². The van der Waals surface area contributed by atoms with Crippen molar-refractivity contribution in [3.63, 3.8) is 0 Å². The van der Waals surface area contributed by atoms with Crippen LogP contribution in [0.25, 0.3) is 0 Å². The van der Waals surface area contributed by atoms with Crippen LogP contribution >= 0.6 is 0 Å². The molecule has 2 aromatic rings. The molecule has 2 N–H and O–H groups in total. The molecule has 3 atom stereocenters. The van der Waals surface area contributed by atoms with Gasteiger partial charge in [-0.1, -0.05) is 29.8 Å². The van der Waals surface area contributed by atoms with Crippen LogP contribution in [0.4, 0.5) is 4.39 Å². The highest BCUT2D eigenvalue weighted by Gasteiger charge is 2.40. The lowest BCUT2D eigenvalue weighted by atomic mass is 9.86. The summed E-state index contributed by atoms with van der Waals surface area (Å²) in [5, 5.41) is 4.05. The topological polar surface area (TPSA) is 53.3 Å². The molecule has 5 nitrogen and oxygen atoms in total. The molecule has 0 amide bonds. The van der Waals surface area contributed by atoms with Gasteiger partial charge in [0.1, 0.15) is 11.6 Å². The SMILES string of the molecule is Cc1cc(C2CNNC2C2CCCCN2Cc2ccccc2F)on1. The highest BCUT2D eigenvalue weighted by atomic mass is 19.1. The maximum atomic E-state index is 14.1. The third-order valence-corrected chi connectivity index (χ3v) is 5.45. The van der Waals surface area contributed by atoms with Crippen molar-refractivity contribution in [3.05, 3.63) is 53.2 Å². The largest absolute Gasteiger partial charge is 0.361 e. The highest BCUT2D eigenvalue weighted by molar-refractivity contribution is 5.19. The van der Waals surface area contributed by atoms with Gasteiger partial charge in [-0.3, -0.25) is 15.8 Å². The zero-order chi connectivity index (χ0) is 17.2. The number of nitrogens with one attached hydrogen (secondary N) is 2. The van der Waals surface area contributed by atoms with E-state index in [2.05, 4.69) is 20.9 Å². The number of aryl methyl sites for hydroxylation is 1. The van der Waals surface area contributed by atoms with Gasteiger partial charge in [0.15, 0.2) is 0 Å². The van der Waals surface area contributed by atoms with Crippen molar-refractivity contribution in [3.8, 4) is 0 Å². The third-order valence-electron chi connectivity index (χ3n) is 5.45. The number of hydrogen-bond donors (Lipinski definition) is 2. The van der Waals surface area contributed by atoms with Gasteiger partial charge in [-0.2, -0.15) is 0 Å². The molecule has 134 valence electrons. The van der Waals surface area contributed by atoms with Crippen molar-refractivity contribution in [2.75, 3.05) is 13.1 Å². The summed E-state index contributed by atoms with van der Waals surface area (Å²) >= 11 is 0. The Morgan fingerprint density at radius 1 is 1.32 bits per heavy atom. The molecular weight excluding hydrogens is 319 g/mol. The number of aromatic nitrogens is 1. The number of rotatable bonds is 4. The van der Waals surface area contributed by atoms with Crippen molar-refractivity contribution in [1.82, 2.24) is 20.9 Å². The number of hydrogen-bond acceptors (Lipinski definition) is 5.